The Hall–Kier alpha value is -2.28. The number of amides is 1. The lowest BCUT2D eigenvalue weighted by molar-refractivity contribution is -0.117. The smallest absolute Gasteiger partial charge is 0.292 e. The first-order chi connectivity index (χ1) is 10.7. The zero-order chi connectivity index (χ0) is 17.2. The summed E-state index contributed by atoms with van der Waals surface area (Å²) in [4.78, 5) is 24.1. The Labute approximate surface area is 139 Å². The van der Waals surface area contributed by atoms with Gasteiger partial charge in [-0.2, -0.15) is 5.10 Å². The van der Waals surface area contributed by atoms with Crippen LogP contribution in [0.4, 0.5) is 0 Å². The van der Waals surface area contributed by atoms with E-state index in [2.05, 4.69) is 36.3 Å². The highest BCUT2D eigenvalue weighted by molar-refractivity contribution is 7.71. The third-order valence-corrected chi connectivity index (χ3v) is 3.96. The second-order valence-corrected chi connectivity index (χ2v) is 6.73. The molecular formula is C16H20N4O2S. The van der Waals surface area contributed by atoms with E-state index in [0.717, 1.165) is 5.56 Å². The number of Topliss-reactive ketones (excluding diaryl/α,β-unsaturated/α-hetero) is 1. The van der Waals surface area contributed by atoms with E-state index in [9.17, 15) is 9.59 Å². The number of aromatic amines is 1. The molecule has 1 amide bonds. The molecule has 7 heteroatoms. The second kappa shape index (κ2) is 6.45. The predicted molar refractivity (Wildman–Crippen MR) is 89.7 cm³/mol. The first kappa shape index (κ1) is 17.1. The van der Waals surface area contributed by atoms with E-state index in [1.807, 2.05) is 12.1 Å². The number of carbonyl (C=O) groups excluding carboxylic acids is 2. The molecule has 0 unspecified atom stereocenters. The van der Waals surface area contributed by atoms with Gasteiger partial charge in [-0.1, -0.05) is 45.0 Å². The van der Waals surface area contributed by atoms with Crippen molar-refractivity contribution < 1.29 is 9.59 Å². The number of nitrogens with zero attached hydrogens (tertiary/aromatic N) is 2. The van der Waals surface area contributed by atoms with Gasteiger partial charge in [-0.25, -0.2) is 0 Å². The maximum absolute atomic E-state index is 12.1. The average Bonchev–Trinajstić information content (AvgIpc) is 2.83. The molecule has 0 aliphatic rings. The number of hydrogen-bond donors (Lipinski definition) is 2. The number of carbonyl (C=O) groups is 2. The maximum Gasteiger partial charge on any atom is 0.292 e. The van der Waals surface area contributed by atoms with E-state index >= 15 is 0 Å². The highest BCUT2D eigenvalue weighted by atomic mass is 32.1. The number of H-pyrrole nitrogens is 1. The molecule has 0 spiro atoms. The fourth-order valence-corrected chi connectivity index (χ4v) is 2.18. The summed E-state index contributed by atoms with van der Waals surface area (Å²) in [6.45, 7) is 6.41. The monoisotopic (exact) mass is 332 g/mol. The van der Waals surface area contributed by atoms with E-state index in [0.29, 0.717) is 16.2 Å². The zero-order valence-corrected chi connectivity index (χ0v) is 14.5. The summed E-state index contributed by atoms with van der Waals surface area (Å²) in [6, 6.07) is 7.10. The summed E-state index contributed by atoms with van der Waals surface area (Å²) >= 11 is 4.99. The molecule has 0 bridgehead atoms. The molecule has 0 saturated heterocycles. The van der Waals surface area contributed by atoms with Crippen molar-refractivity contribution in [2.24, 2.45) is 7.05 Å². The Morgan fingerprint density at radius 2 is 1.87 bits per heavy atom. The Morgan fingerprint density at radius 3 is 2.35 bits per heavy atom. The van der Waals surface area contributed by atoms with Crippen LogP contribution in [-0.4, -0.2) is 26.5 Å². The maximum atomic E-state index is 12.1. The molecule has 1 aromatic heterocycles. The molecule has 0 atom stereocenters. The van der Waals surface area contributed by atoms with E-state index in [4.69, 9.17) is 12.2 Å². The second-order valence-electron chi connectivity index (χ2n) is 6.34. The van der Waals surface area contributed by atoms with E-state index in [1.165, 1.54) is 0 Å². The molecule has 2 N–H and O–H groups in total. The van der Waals surface area contributed by atoms with Gasteiger partial charge in [-0.3, -0.25) is 14.7 Å². The van der Waals surface area contributed by atoms with Gasteiger partial charge in [0.05, 0.1) is 6.54 Å². The Balaban J connectivity index is 2.03. The first-order valence-electron chi connectivity index (χ1n) is 7.23. The molecule has 2 aromatic rings. The highest BCUT2D eigenvalue weighted by Gasteiger charge is 2.18. The average molecular weight is 332 g/mol. The molecule has 0 radical (unpaired) electrons. The van der Waals surface area contributed by atoms with Crippen LogP contribution < -0.4 is 5.32 Å². The predicted octanol–water partition coefficient (Wildman–Crippen LogP) is 2.27. The van der Waals surface area contributed by atoms with Gasteiger partial charge in [-0.15, -0.1) is 0 Å². The molecule has 1 heterocycles. The molecule has 23 heavy (non-hydrogen) atoms. The minimum Gasteiger partial charge on any atom is -0.342 e. The van der Waals surface area contributed by atoms with Crippen LogP contribution in [0, 0.1) is 4.77 Å². The summed E-state index contributed by atoms with van der Waals surface area (Å²) in [7, 11) is 1.74. The third kappa shape index (κ3) is 3.92. The van der Waals surface area contributed by atoms with Crippen molar-refractivity contribution in [2.45, 2.75) is 32.7 Å². The van der Waals surface area contributed by atoms with Gasteiger partial charge >= 0.3 is 0 Å². The van der Waals surface area contributed by atoms with E-state index < -0.39 is 11.7 Å². The third-order valence-electron chi connectivity index (χ3n) is 3.60. The summed E-state index contributed by atoms with van der Waals surface area (Å²) in [6.07, 6.45) is 0. The first-order valence-corrected chi connectivity index (χ1v) is 7.64. The topological polar surface area (TPSA) is 79.8 Å². The fourth-order valence-electron chi connectivity index (χ4n) is 2.03. The van der Waals surface area contributed by atoms with Crippen molar-refractivity contribution in [1.82, 2.24) is 20.1 Å². The van der Waals surface area contributed by atoms with Gasteiger partial charge in [0, 0.05) is 12.6 Å². The molecule has 122 valence electrons. The molecule has 1 aromatic carbocycles. The molecule has 0 aliphatic heterocycles. The Morgan fingerprint density at radius 1 is 1.26 bits per heavy atom. The summed E-state index contributed by atoms with van der Waals surface area (Å²) < 4.78 is 2.09. The standard InChI is InChI=1S/C16H20N4O2S/c1-16(2,3)11-7-5-10(6-8-11)13(21)14(22)17-9-12-18-19-15(23)20(12)4/h5-8H,9H2,1-4H3,(H,17,22)(H,19,23). The van der Waals surface area contributed by atoms with Crippen molar-refractivity contribution in [3.63, 3.8) is 0 Å². The van der Waals surface area contributed by atoms with Crippen molar-refractivity contribution in [3.05, 3.63) is 46.0 Å². The van der Waals surface area contributed by atoms with Crippen LogP contribution in [0.25, 0.3) is 0 Å². The van der Waals surface area contributed by atoms with Crippen molar-refractivity contribution in [3.8, 4) is 0 Å². The molecule has 0 saturated carbocycles. The molecule has 0 fully saturated rings. The van der Waals surface area contributed by atoms with Crippen LogP contribution in [-0.2, 0) is 23.8 Å². The van der Waals surface area contributed by atoms with Crippen LogP contribution in [0.3, 0.4) is 0 Å². The zero-order valence-electron chi connectivity index (χ0n) is 13.6. The van der Waals surface area contributed by atoms with Crippen LogP contribution in [0.15, 0.2) is 24.3 Å². The Bertz CT molecular complexity index is 782. The largest absolute Gasteiger partial charge is 0.342 e. The lowest BCUT2D eigenvalue weighted by Gasteiger charge is -2.18. The minimum atomic E-state index is -0.664. The number of ketones is 1. The fraction of sp³-hybridized carbons (Fsp3) is 0.375. The Kier molecular flexibility index (Phi) is 4.79. The SMILES string of the molecule is Cn1c(CNC(=O)C(=O)c2ccc(C(C)(C)C)cc2)n[nH]c1=S. The normalized spacial score (nSPS) is 11.3. The van der Waals surface area contributed by atoms with Gasteiger partial charge in [0.2, 0.25) is 5.78 Å². The molecule has 0 aliphatic carbocycles. The highest BCUT2D eigenvalue weighted by Crippen LogP contribution is 2.22. The van der Waals surface area contributed by atoms with Crippen LogP contribution in [0.5, 0.6) is 0 Å². The van der Waals surface area contributed by atoms with Crippen molar-refractivity contribution >= 4 is 23.9 Å². The lowest BCUT2D eigenvalue weighted by Crippen LogP contribution is -2.31. The minimum absolute atomic E-state index is 0.000454. The van der Waals surface area contributed by atoms with Crippen molar-refractivity contribution in [2.75, 3.05) is 0 Å². The van der Waals surface area contributed by atoms with Crippen LogP contribution >= 0.6 is 12.2 Å². The number of hydrogen-bond acceptors (Lipinski definition) is 4. The van der Waals surface area contributed by atoms with Gasteiger partial charge in [-0.05, 0) is 23.2 Å². The number of rotatable bonds is 4. The summed E-state index contributed by atoms with van der Waals surface area (Å²) in [5, 5.41) is 9.16. The van der Waals surface area contributed by atoms with E-state index in [-0.39, 0.29) is 12.0 Å². The van der Waals surface area contributed by atoms with Gasteiger partial charge < -0.3 is 9.88 Å². The number of aromatic nitrogens is 3. The van der Waals surface area contributed by atoms with Crippen molar-refractivity contribution in [1.29, 1.82) is 0 Å². The summed E-state index contributed by atoms with van der Waals surface area (Å²) in [5.74, 6) is -0.677. The quantitative estimate of drug-likeness (QED) is 0.511. The molecule has 2 rings (SSSR count). The molecule has 6 nitrogen and oxygen atoms in total. The number of benzene rings is 1. The van der Waals surface area contributed by atoms with E-state index in [1.54, 1.807) is 23.7 Å². The number of nitrogens with one attached hydrogen (secondary N) is 2. The van der Waals surface area contributed by atoms with Gasteiger partial charge in [0.25, 0.3) is 5.91 Å². The van der Waals surface area contributed by atoms with Crippen LogP contribution in [0.2, 0.25) is 0 Å². The lowest BCUT2D eigenvalue weighted by atomic mass is 9.86. The van der Waals surface area contributed by atoms with Gasteiger partial charge in [0.1, 0.15) is 0 Å². The molecular weight excluding hydrogens is 312 g/mol. The summed E-state index contributed by atoms with van der Waals surface area (Å²) in [5.41, 5.74) is 1.47. The van der Waals surface area contributed by atoms with Crippen LogP contribution in [0.1, 0.15) is 42.5 Å². The van der Waals surface area contributed by atoms with Gasteiger partial charge in [0.15, 0.2) is 10.6 Å².